The van der Waals surface area contributed by atoms with Crippen molar-refractivity contribution in [2.75, 3.05) is 0 Å². The first kappa shape index (κ1) is 31.6. The Balaban J connectivity index is 1.26. The van der Waals surface area contributed by atoms with Gasteiger partial charge in [0.2, 0.25) is 0 Å². The summed E-state index contributed by atoms with van der Waals surface area (Å²) in [5, 5.41) is 14.2. The van der Waals surface area contributed by atoms with Gasteiger partial charge in [-0.2, -0.15) is 0 Å². The molecule has 264 valence electrons. The van der Waals surface area contributed by atoms with Crippen LogP contribution in [0.3, 0.4) is 0 Å². The summed E-state index contributed by atoms with van der Waals surface area (Å²) in [6, 6.07) is 51.8. The highest BCUT2D eigenvalue weighted by molar-refractivity contribution is 6.34. The van der Waals surface area contributed by atoms with E-state index in [0.717, 1.165) is 30.8 Å². The SMILES string of the molecule is CCC1=C(c2ccc3ccccc3c2)C(n2c3c(c4c5c6ccccc6c6ccccc6c5ccc42)CC2C=CC=CC2=C3)=Nc2ccc3ccccc3c2C1. The van der Waals surface area contributed by atoms with Crippen molar-refractivity contribution in [3.8, 4) is 0 Å². The molecule has 8 aromatic carbocycles. The predicted molar refractivity (Wildman–Crippen MR) is 239 cm³/mol. The summed E-state index contributed by atoms with van der Waals surface area (Å²) in [5.41, 5.74) is 11.4. The number of aliphatic imine (C=N–C) groups is 1. The molecule has 2 heteroatoms. The molecule has 0 amide bonds. The lowest BCUT2D eigenvalue weighted by Crippen LogP contribution is -2.19. The van der Waals surface area contributed by atoms with E-state index < -0.39 is 0 Å². The van der Waals surface area contributed by atoms with Crippen molar-refractivity contribution in [1.82, 2.24) is 4.57 Å². The second-order valence-electron chi connectivity index (χ2n) is 15.7. The van der Waals surface area contributed by atoms with Crippen LogP contribution in [0.15, 0.2) is 180 Å². The minimum Gasteiger partial charge on any atom is -0.294 e. The lowest BCUT2D eigenvalue weighted by molar-refractivity contribution is 0.760. The third kappa shape index (κ3) is 4.53. The molecule has 0 radical (unpaired) electrons. The average Bonchev–Trinajstić information content (AvgIpc) is 3.47. The quantitative estimate of drug-likeness (QED) is 0.159. The summed E-state index contributed by atoms with van der Waals surface area (Å²) in [7, 11) is 0. The molecule has 1 aliphatic heterocycles. The van der Waals surface area contributed by atoms with Crippen LogP contribution in [0.5, 0.6) is 0 Å². The van der Waals surface area contributed by atoms with Gasteiger partial charge in [-0.15, -0.1) is 0 Å². The molecule has 0 bridgehead atoms. The summed E-state index contributed by atoms with van der Waals surface area (Å²) in [5.74, 6) is 1.34. The van der Waals surface area contributed by atoms with Crippen molar-refractivity contribution in [2.24, 2.45) is 10.9 Å². The van der Waals surface area contributed by atoms with Gasteiger partial charge in [0.25, 0.3) is 0 Å². The fourth-order valence-electron chi connectivity index (χ4n) is 10.2. The molecule has 3 aliphatic rings. The van der Waals surface area contributed by atoms with Crippen LogP contribution < -0.4 is 0 Å². The number of allylic oxidation sites excluding steroid dienone is 7. The lowest BCUT2D eigenvalue weighted by Gasteiger charge is -2.24. The smallest absolute Gasteiger partial charge is 0.146 e. The van der Waals surface area contributed by atoms with Gasteiger partial charge in [-0.1, -0.05) is 158 Å². The molecule has 9 aromatic rings. The molecular formula is C54H38N2. The second-order valence-corrected chi connectivity index (χ2v) is 15.7. The molecule has 0 N–H and O–H groups in total. The van der Waals surface area contributed by atoms with Crippen LogP contribution in [0.1, 0.15) is 35.7 Å². The van der Waals surface area contributed by atoms with E-state index in [9.17, 15) is 0 Å². The highest BCUT2D eigenvalue weighted by Crippen LogP contribution is 2.47. The second kappa shape index (κ2) is 12.1. The van der Waals surface area contributed by atoms with Crippen LogP contribution in [0.2, 0.25) is 0 Å². The van der Waals surface area contributed by atoms with Crippen molar-refractivity contribution < 1.29 is 0 Å². The maximum atomic E-state index is 5.88. The first-order valence-electron chi connectivity index (χ1n) is 20.0. The van der Waals surface area contributed by atoms with Gasteiger partial charge in [0.1, 0.15) is 5.84 Å². The fourth-order valence-corrected chi connectivity index (χ4v) is 10.2. The molecule has 0 saturated heterocycles. The fraction of sp³-hybridized carbons (Fsp3) is 0.0926. The van der Waals surface area contributed by atoms with Gasteiger partial charge in [-0.25, -0.2) is 4.99 Å². The number of fused-ring (bicyclic) bond motifs is 15. The number of benzene rings is 8. The van der Waals surface area contributed by atoms with Crippen molar-refractivity contribution in [2.45, 2.75) is 26.2 Å². The molecule has 56 heavy (non-hydrogen) atoms. The van der Waals surface area contributed by atoms with Crippen molar-refractivity contribution in [3.63, 3.8) is 0 Å². The van der Waals surface area contributed by atoms with Crippen LogP contribution >= 0.6 is 0 Å². The van der Waals surface area contributed by atoms with Gasteiger partial charge < -0.3 is 0 Å². The topological polar surface area (TPSA) is 17.3 Å². The highest BCUT2D eigenvalue weighted by atomic mass is 15.1. The Morgan fingerprint density at radius 1 is 0.607 bits per heavy atom. The molecule has 0 fully saturated rings. The zero-order valence-corrected chi connectivity index (χ0v) is 31.3. The normalized spacial score (nSPS) is 16.4. The Morgan fingerprint density at radius 3 is 2.09 bits per heavy atom. The van der Waals surface area contributed by atoms with Crippen LogP contribution in [-0.2, 0) is 12.8 Å². The zero-order valence-electron chi connectivity index (χ0n) is 31.3. The molecular weight excluding hydrogens is 677 g/mol. The predicted octanol–water partition coefficient (Wildman–Crippen LogP) is 14.1. The summed E-state index contributed by atoms with van der Waals surface area (Å²) in [4.78, 5) is 5.88. The Bertz CT molecular complexity index is 3310. The Kier molecular flexibility index (Phi) is 6.83. The highest BCUT2D eigenvalue weighted by Gasteiger charge is 2.32. The first-order valence-corrected chi connectivity index (χ1v) is 20.0. The zero-order chi connectivity index (χ0) is 36.9. The molecule has 12 rings (SSSR count). The van der Waals surface area contributed by atoms with Gasteiger partial charge in [0, 0.05) is 16.9 Å². The molecule has 2 aliphatic carbocycles. The summed E-state index contributed by atoms with van der Waals surface area (Å²) in [6.45, 7) is 2.32. The van der Waals surface area contributed by atoms with Gasteiger partial charge in [0.05, 0.1) is 16.9 Å². The van der Waals surface area contributed by atoms with Gasteiger partial charge >= 0.3 is 0 Å². The van der Waals surface area contributed by atoms with E-state index in [-0.39, 0.29) is 0 Å². The maximum absolute atomic E-state index is 5.88. The number of aromatic nitrogens is 1. The van der Waals surface area contributed by atoms with Crippen molar-refractivity contribution in [3.05, 3.63) is 197 Å². The average molecular weight is 715 g/mol. The van der Waals surface area contributed by atoms with Crippen LogP contribution in [0, 0.1) is 5.92 Å². The number of rotatable bonds is 2. The van der Waals surface area contributed by atoms with Gasteiger partial charge in [-0.05, 0) is 120 Å². The Labute approximate surface area is 325 Å². The Morgan fingerprint density at radius 2 is 1.29 bits per heavy atom. The summed E-state index contributed by atoms with van der Waals surface area (Å²) in [6.07, 6.45) is 14.3. The third-order valence-corrected chi connectivity index (χ3v) is 12.8. The van der Waals surface area contributed by atoms with E-state index in [1.165, 1.54) is 104 Å². The molecule has 2 heterocycles. The number of hydrogen-bond acceptors (Lipinski definition) is 1. The molecule has 0 spiro atoms. The van der Waals surface area contributed by atoms with Crippen LogP contribution in [0.4, 0.5) is 5.69 Å². The van der Waals surface area contributed by atoms with Gasteiger partial charge in [0.15, 0.2) is 0 Å². The van der Waals surface area contributed by atoms with Crippen molar-refractivity contribution in [1.29, 1.82) is 0 Å². The van der Waals surface area contributed by atoms with E-state index in [1.807, 2.05) is 0 Å². The molecule has 1 unspecified atom stereocenters. The number of hydrogen-bond donors (Lipinski definition) is 0. The monoisotopic (exact) mass is 714 g/mol. The minimum atomic E-state index is 0.332. The van der Waals surface area contributed by atoms with Crippen molar-refractivity contribution >= 4 is 87.9 Å². The van der Waals surface area contributed by atoms with Gasteiger partial charge in [-0.3, -0.25) is 4.57 Å². The molecule has 1 aromatic heterocycles. The summed E-state index contributed by atoms with van der Waals surface area (Å²) < 4.78 is 2.55. The lowest BCUT2D eigenvalue weighted by atomic mass is 9.82. The van der Waals surface area contributed by atoms with E-state index in [4.69, 9.17) is 4.99 Å². The number of nitrogens with zero attached hydrogens (tertiary/aromatic N) is 2. The standard InChI is InChI=1S/C54H38N2/c1-2-33-30-46-40-18-8-7-14-35(40)25-27-48(46)55-54(51(33)39-24-23-34-13-3-4-15-36(34)29-39)56-49-28-26-45-43-21-10-9-19-41(43)42-20-11-12-22-44(42)52(45)53(49)47-31-37-16-5-6-17-38(37)32-50(47)56/h3-29,32,37H,2,30-31H2,1H3. The van der Waals surface area contributed by atoms with E-state index in [1.54, 1.807) is 0 Å². The molecule has 1 atom stereocenters. The molecule has 0 saturated carbocycles. The first-order chi connectivity index (χ1) is 27.7. The Hall–Kier alpha value is -6.77. The summed E-state index contributed by atoms with van der Waals surface area (Å²) >= 11 is 0. The van der Waals surface area contributed by atoms with E-state index >= 15 is 0 Å². The largest absolute Gasteiger partial charge is 0.294 e. The van der Waals surface area contributed by atoms with E-state index in [2.05, 4.69) is 181 Å². The van der Waals surface area contributed by atoms with Crippen LogP contribution in [-0.4, -0.2) is 10.4 Å². The third-order valence-electron chi connectivity index (χ3n) is 12.8. The maximum Gasteiger partial charge on any atom is 0.146 e. The molecule has 2 nitrogen and oxygen atoms in total. The minimum absolute atomic E-state index is 0.332. The van der Waals surface area contributed by atoms with E-state index in [0.29, 0.717) is 5.92 Å². The van der Waals surface area contributed by atoms with Crippen LogP contribution in [0.25, 0.3) is 76.4 Å².